The Morgan fingerprint density at radius 2 is 1.79 bits per heavy atom. The molecule has 0 fully saturated rings. The molecule has 2 rings (SSSR count). The smallest absolute Gasteiger partial charge is 0.392 e. The van der Waals surface area contributed by atoms with Crippen molar-refractivity contribution in [3.63, 3.8) is 0 Å². The summed E-state index contributed by atoms with van der Waals surface area (Å²) >= 11 is 0. The van der Waals surface area contributed by atoms with Gasteiger partial charge in [-0.25, -0.2) is 9.37 Å². The van der Waals surface area contributed by atoms with Gasteiger partial charge in [0.1, 0.15) is 5.82 Å². The predicted molar refractivity (Wildman–Crippen MR) is 59.7 cm³/mol. The van der Waals surface area contributed by atoms with E-state index in [0.717, 1.165) is 4.57 Å². The number of halogens is 4. The Balaban J connectivity index is 2.45. The summed E-state index contributed by atoms with van der Waals surface area (Å²) < 4.78 is 51.1. The molecule has 0 saturated heterocycles. The van der Waals surface area contributed by atoms with Crippen molar-refractivity contribution in [3.8, 4) is 11.4 Å². The maximum atomic E-state index is 12.7. The molecular formula is C12H10F4N2O. The summed E-state index contributed by atoms with van der Waals surface area (Å²) in [4.78, 5) is 3.41. The van der Waals surface area contributed by atoms with Crippen molar-refractivity contribution in [3.05, 3.63) is 41.7 Å². The molecule has 0 amide bonds. The number of nitrogens with zero attached hydrogens (tertiary/aromatic N) is 2. The second-order valence-corrected chi connectivity index (χ2v) is 3.89. The molecule has 0 unspecified atom stereocenters. The van der Waals surface area contributed by atoms with Gasteiger partial charge in [0.2, 0.25) is 0 Å². The minimum atomic E-state index is -4.61. The molecule has 0 spiro atoms. The highest BCUT2D eigenvalue weighted by atomic mass is 19.4. The number of benzene rings is 1. The molecule has 3 nitrogen and oxygen atoms in total. The van der Waals surface area contributed by atoms with Crippen LogP contribution in [0.15, 0.2) is 30.5 Å². The fraction of sp³-hybridized carbons (Fsp3) is 0.250. The minimum Gasteiger partial charge on any atom is -0.392 e. The largest absolute Gasteiger partial charge is 0.434 e. The van der Waals surface area contributed by atoms with Gasteiger partial charge in [-0.3, -0.25) is 0 Å². The van der Waals surface area contributed by atoms with Crippen LogP contribution in [-0.4, -0.2) is 14.7 Å². The van der Waals surface area contributed by atoms with Crippen LogP contribution in [0.4, 0.5) is 17.6 Å². The topological polar surface area (TPSA) is 38.1 Å². The number of hydrogen-bond acceptors (Lipinski definition) is 2. The average molecular weight is 274 g/mol. The maximum Gasteiger partial charge on any atom is 0.434 e. The van der Waals surface area contributed by atoms with Gasteiger partial charge in [0.15, 0.2) is 12.5 Å². The molecule has 1 aromatic carbocycles. The van der Waals surface area contributed by atoms with Crippen LogP contribution in [0.3, 0.4) is 0 Å². The molecule has 102 valence electrons. The van der Waals surface area contributed by atoms with Crippen molar-refractivity contribution in [1.29, 1.82) is 0 Å². The van der Waals surface area contributed by atoms with E-state index in [1.54, 1.807) is 12.1 Å². The molecule has 1 heterocycles. The lowest BCUT2D eigenvalue weighted by molar-refractivity contribution is -0.140. The van der Waals surface area contributed by atoms with Gasteiger partial charge in [-0.15, -0.1) is 0 Å². The molecule has 0 aliphatic heterocycles. The Morgan fingerprint density at radius 1 is 1.16 bits per heavy atom. The highest BCUT2D eigenvalue weighted by Crippen LogP contribution is 2.31. The van der Waals surface area contributed by atoms with Crippen molar-refractivity contribution in [2.24, 2.45) is 0 Å². The zero-order valence-electron chi connectivity index (χ0n) is 9.65. The van der Waals surface area contributed by atoms with E-state index in [1.165, 1.54) is 12.1 Å². The van der Waals surface area contributed by atoms with Crippen LogP contribution in [0.25, 0.3) is 11.4 Å². The first-order chi connectivity index (χ1) is 8.95. The number of rotatable bonds is 3. The standard InChI is InChI=1S/C12H10F4N2O/c13-7-18-5-10(12(14,15)16)17-11(18)9-3-1-8(6-19)2-4-9/h1-5,19H,6-7H2. The molecule has 7 heteroatoms. The number of aliphatic hydroxyl groups is 1. The third kappa shape index (κ3) is 2.76. The quantitative estimate of drug-likeness (QED) is 0.874. The van der Waals surface area contributed by atoms with Crippen molar-refractivity contribution in [1.82, 2.24) is 9.55 Å². The number of hydrogen-bond donors (Lipinski definition) is 1. The number of aliphatic hydroxyl groups excluding tert-OH is 1. The minimum absolute atomic E-state index is 0.0979. The van der Waals surface area contributed by atoms with E-state index in [-0.39, 0.29) is 12.4 Å². The Hall–Kier alpha value is -1.89. The zero-order valence-corrected chi connectivity index (χ0v) is 9.65. The third-order valence-corrected chi connectivity index (χ3v) is 2.59. The molecule has 1 N–H and O–H groups in total. The van der Waals surface area contributed by atoms with E-state index in [4.69, 9.17) is 5.11 Å². The molecular weight excluding hydrogens is 264 g/mol. The number of aromatic nitrogens is 2. The van der Waals surface area contributed by atoms with Crippen molar-refractivity contribution in [2.45, 2.75) is 19.6 Å². The van der Waals surface area contributed by atoms with Crippen LogP contribution in [0.1, 0.15) is 11.3 Å². The van der Waals surface area contributed by atoms with E-state index >= 15 is 0 Å². The predicted octanol–water partition coefficient (Wildman–Crippen LogP) is 2.99. The summed E-state index contributed by atoms with van der Waals surface area (Å²) in [6.45, 7) is -1.27. The van der Waals surface area contributed by atoms with E-state index in [9.17, 15) is 17.6 Å². The van der Waals surface area contributed by atoms with E-state index in [2.05, 4.69) is 4.98 Å². The molecule has 19 heavy (non-hydrogen) atoms. The van der Waals surface area contributed by atoms with Gasteiger partial charge in [0.05, 0.1) is 6.61 Å². The first-order valence-corrected chi connectivity index (χ1v) is 5.36. The van der Waals surface area contributed by atoms with E-state index in [0.29, 0.717) is 17.3 Å². The van der Waals surface area contributed by atoms with Crippen LogP contribution >= 0.6 is 0 Å². The average Bonchev–Trinajstić information content (AvgIpc) is 2.83. The molecule has 0 saturated carbocycles. The van der Waals surface area contributed by atoms with Gasteiger partial charge < -0.3 is 9.67 Å². The van der Waals surface area contributed by atoms with Crippen LogP contribution in [0.2, 0.25) is 0 Å². The normalized spacial score (nSPS) is 11.8. The summed E-state index contributed by atoms with van der Waals surface area (Å²) in [7, 11) is 0. The second kappa shape index (κ2) is 5.00. The molecule has 0 radical (unpaired) electrons. The van der Waals surface area contributed by atoms with Crippen LogP contribution in [-0.2, 0) is 19.6 Å². The molecule has 0 atom stereocenters. The third-order valence-electron chi connectivity index (χ3n) is 2.59. The summed E-state index contributed by atoms with van der Waals surface area (Å²) in [5.41, 5.74) is -0.171. The van der Waals surface area contributed by atoms with Crippen LogP contribution < -0.4 is 0 Å². The summed E-state index contributed by atoms with van der Waals surface area (Å²) in [5.74, 6) is -0.0979. The number of imidazole rings is 1. The van der Waals surface area contributed by atoms with Gasteiger partial charge in [0, 0.05) is 11.8 Å². The fourth-order valence-corrected chi connectivity index (χ4v) is 1.63. The highest BCUT2D eigenvalue weighted by Gasteiger charge is 2.34. The highest BCUT2D eigenvalue weighted by molar-refractivity contribution is 5.56. The lowest BCUT2D eigenvalue weighted by atomic mass is 10.1. The van der Waals surface area contributed by atoms with Gasteiger partial charge >= 0.3 is 6.18 Å². The first kappa shape index (κ1) is 13.5. The summed E-state index contributed by atoms with van der Waals surface area (Å²) in [6, 6.07) is 6.06. The molecule has 2 aromatic rings. The molecule has 0 aliphatic carbocycles. The fourth-order valence-electron chi connectivity index (χ4n) is 1.63. The molecule has 0 bridgehead atoms. The Bertz CT molecular complexity index is 560. The van der Waals surface area contributed by atoms with Gasteiger partial charge in [-0.05, 0) is 5.56 Å². The van der Waals surface area contributed by atoms with Gasteiger partial charge in [-0.2, -0.15) is 13.2 Å². The second-order valence-electron chi connectivity index (χ2n) is 3.89. The van der Waals surface area contributed by atoms with E-state index in [1.807, 2.05) is 0 Å². The van der Waals surface area contributed by atoms with Gasteiger partial charge in [-0.1, -0.05) is 24.3 Å². The molecule has 0 aliphatic rings. The number of alkyl halides is 4. The van der Waals surface area contributed by atoms with Crippen LogP contribution in [0.5, 0.6) is 0 Å². The summed E-state index contributed by atoms with van der Waals surface area (Å²) in [5, 5.41) is 8.88. The van der Waals surface area contributed by atoms with Crippen LogP contribution in [0, 0.1) is 0 Å². The van der Waals surface area contributed by atoms with E-state index < -0.39 is 18.7 Å². The Kier molecular flexibility index (Phi) is 3.57. The maximum absolute atomic E-state index is 12.7. The SMILES string of the molecule is OCc1ccc(-c2nc(C(F)(F)F)cn2CF)cc1. The first-order valence-electron chi connectivity index (χ1n) is 5.36. The Morgan fingerprint density at radius 3 is 2.26 bits per heavy atom. The van der Waals surface area contributed by atoms with Crippen molar-refractivity contribution < 1.29 is 22.7 Å². The molecule has 1 aromatic heterocycles. The zero-order chi connectivity index (χ0) is 14.0. The lowest BCUT2D eigenvalue weighted by Crippen LogP contribution is -2.04. The van der Waals surface area contributed by atoms with Gasteiger partial charge in [0.25, 0.3) is 0 Å². The Labute approximate surface area is 106 Å². The summed E-state index contributed by atoms with van der Waals surface area (Å²) in [6.07, 6.45) is -3.98. The van der Waals surface area contributed by atoms with Crippen molar-refractivity contribution >= 4 is 0 Å². The van der Waals surface area contributed by atoms with Crippen molar-refractivity contribution in [2.75, 3.05) is 0 Å². The monoisotopic (exact) mass is 274 g/mol. The lowest BCUT2D eigenvalue weighted by Gasteiger charge is -2.03.